The number of carbonyl (C=O) groups excluding carboxylic acids is 2. The van der Waals surface area contributed by atoms with Gasteiger partial charge in [-0.3, -0.25) is 9.59 Å². The number of allylic oxidation sites excluding steroid dienone is 3. The number of hydrogen-bond acceptors (Lipinski definition) is 3. The topological polar surface area (TPSA) is 43.4 Å². The summed E-state index contributed by atoms with van der Waals surface area (Å²) in [5, 5.41) is 0. The molecule has 1 aromatic carbocycles. The lowest BCUT2D eigenvalue weighted by Gasteiger charge is -2.10. The van der Waals surface area contributed by atoms with Crippen LogP contribution in [0, 0.1) is 0 Å². The van der Waals surface area contributed by atoms with Crippen LogP contribution in [0.25, 0.3) is 6.08 Å². The summed E-state index contributed by atoms with van der Waals surface area (Å²) in [6, 6.07) is 5.96. The van der Waals surface area contributed by atoms with Crippen molar-refractivity contribution >= 4 is 17.6 Å². The Hall–Kier alpha value is -2.58. The average Bonchev–Trinajstić information content (AvgIpc) is 2.49. The summed E-state index contributed by atoms with van der Waals surface area (Å²) in [4.78, 5) is 22.0. The van der Waals surface area contributed by atoms with Gasteiger partial charge in [0.15, 0.2) is 0 Å². The zero-order valence-corrected chi connectivity index (χ0v) is 12.0. The van der Waals surface area contributed by atoms with Crippen LogP contribution in [0.15, 0.2) is 42.0 Å². The number of hydrogen-bond donors (Lipinski definition) is 0. The molecular formula is C15H10F6O3. The Morgan fingerprint density at radius 2 is 1.38 bits per heavy atom. The third-order valence-electron chi connectivity index (χ3n) is 2.67. The van der Waals surface area contributed by atoms with Crippen LogP contribution in [0.1, 0.15) is 5.56 Å². The molecule has 0 saturated heterocycles. The molecule has 1 rings (SSSR count). The van der Waals surface area contributed by atoms with E-state index < -0.39 is 29.5 Å². The van der Waals surface area contributed by atoms with E-state index in [1.807, 2.05) is 0 Å². The van der Waals surface area contributed by atoms with Gasteiger partial charge in [-0.15, -0.1) is 0 Å². The number of rotatable bonds is 5. The lowest BCUT2D eigenvalue weighted by molar-refractivity contribution is -0.175. The van der Waals surface area contributed by atoms with E-state index in [2.05, 4.69) is 0 Å². The molecule has 0 bridgehead atoms. The van der Waals surface area contributed by atoms with Crippen LogP contribution in [-0.2, 0) is 9.59 Å². The summed E-state index contributed by atoms with van der Waals surface area (Å²) in [6.07, 6.45) is -9.12. The number of methoxy groups -OCH3 is 1. The van der Waals surface area contributed by atoms with Gasteiger partial charge in [0.25, 0.3) is 11.6 Å². The lowest BCUT2D eigenvalue weighted by atomic mass is 10.0. The molecule has 0 atom stereocenters. The Balaban J connectivity index is 3.14. The van der Waals surface area contributed by atoms with Gasteiger partial charge < -0.3 is 4.74 Å². The van der Waals surface area contributed by atoms with Gasteiger partial charge in [-0.1, -0.05) is 24.3 Å². The van der Waals surface area contributed by atoms with Crippen molar-refractivity contribution in [2.24, 2.45) is 0 Å². The molecule has 1 aromatic rings. The van der Waals surface area contributed by atoms with Crippen LogP contribution in [0.2, 0.25) is 0 Å². The van der Waals surface area contributed by atoms with Crippen molar-refractivity contribution < 1.29 is 40.7 Å². The molecule has 0 aliphatic rings. The van der Waals surface area contributed by atoms with E-state index in [0.717, 1.165) is 12.2 Å². The Labute approximate surface area is 132 Å². The highest BCUT2D eigenvalue weighted by molar-refractivity contribution is 6.23. The quantitative estimate of drug-likeness (QED) is 0.265. The molecule has 130 valence electrons. The minimum Gasteiger partial charge on any atom is -0.497 e. The van der Waals surface area contributed by atoms with Crippen LogP contribution in [0.5, 0.6) is 5.75 Å². The minimum atomic E-state index is -5.60. The number of ether oxygens (including phenoxy) is 1. The first-order chi connectivity index (χ1) is 11.0. The molecule has 0 spiro atoms. The van der Waals surface area contributed by atoms with Gasteiger partial charge in [-0.05, 0) is 23.8 Å². The van der Waals surface area contributed by atoms with Gasteiger partial charge in [-0.25, -0.2) is 0 Å². The Morgan fingerprint density at radius 1 is 0.917 bits per heavy atom. The number of carbonyl (C=O) groups is 2. The normalized spacial score (nSPS) is 12.1. The first-order valence-corrected chi connectivity index (χ1v) is 6.22. The maximum atomic E-state index is 12.3. The largest absolute Gasteiger partial charge is 0.497 e. The second-order valence-electron chi connectivity index (χ2n) is 4.37. The highest BCUT2D eigenvalue weighted by atomic mass is 19.4. The van der Waals surface area contributed by atoms with Gasteiger partial charge in [0, 0.05) is 0 Å². The van der Waals surface area contributed by atoms with Crippen molar-refractivity contribution in [3.8, 4) is 5.75 Å². The highest BCUT2D eigenvalue weighted by Gasteiger charge is 2.49. The minimum absolute atomic E-state index is 0.190. The van der Waals surface area contributed by atoms with Gasteiger partial charge >= 0.3 is 12.4 Å². The molecule has 3 nitrogen and oxygen atoms in total. The van der Waals surface area contributed by atoms with E-state index >= 15 is 0 Å². The fourth-order valence-electron chi connectivity index (χ4n) is 1.53. The third kappa shape index (κ3) is 5.25. The highest BCUT2D eigenvalue weighted by Crippen LogP contribution is 2.27. The second-order valence-corrected chi connectivity index (χ2v) is 4.37. The molecule has 0 aromatic heterocycles. The van der Waals surface area contributed by atoms with E-state index in [-0.39, 0.29) is 6.08 Å². The van der Waals surface area contributed by atoms with Gasteiger partial charge in [0.1, 0.15) is 5.75 Å². The van der Waals surface area contributed by atoms with E-state index in [4.69, 9.17) is 4.74 Å². The molecule has 0 amide bonds. The average molecular weight is 352 g/mol. The second kappa shape index (κ2) is 7.33. The molecule has 0 heterocycles. The Kier molecular flexibility index (Phi) is 5.94. The van der Waals surface area contributed by atoms with Gasteiger partial charge in [0.05, 0.1) is 12.7 Å². The third-order valence-corrected chi connectivity index (χ3v) is 2.67. The van der Waals surface area contributed by atoms with Crippen LogP contribution < -0.4 is 4.74 Å². The van der Waals surface area contributed by atoms with E-state index in [1.54, 1.807) is 0 Å². The molecule has 24 heavy (non-hydrogen) atoms. The molecule has 0 saturated carbocycles. The predicted octanol–water partition coefficient (Wildman–Crippen LogP) is 3.90. The molecule has 0 N–H and O–H groups in total. The van der Waals surface area contributed by atoms with E-state index in [1.165, 1.54) is 31.4 Å². The summed E-state index contributed by atoms with van der Waals surface area (Å²) in [5.41, 5.74) is -1.59. The number of alkyl halides is 6. The maximum absolute atomic E-state index is 12.3. The Bertz CT molecular complexity index is 638. The molecule has 0 aliphatic carbocycles. The summed E-state index contributed by atoms with van der Waals surface area (Å²) >= 11 is 0. The van der Waals surface area contributed by atoms with Crippen molar-refractivity contribution in [2.75, 3.05) is 7.11 Å². The molecule has 0 aliphatic heterocycles. The SMILES string of the molecule is COc1ccc(/C=C/C=C(C(=O)C(F)(F)F)C(=O)C(F)(F)F)cc1. The smallest absolute Gasteiger partial charge is 0.455 e. The van der Waals surface area contributed by atoms with Gasteiger partial charge in [-0.2, -0.15) is 26.3 Å². The zero-order chi connectivity index (χ0) is 18.5. The Morgan fingerprint density at radius 3 is 1.75 bits per heavy atom. The lowest BCUT2D eigenvalue weighted by Crippen LogP contribution is -2.34. The molecule has 9 heteroatoms. The monoisotopic (exact) mass is 352 g/mol. The number of ketones is 2. The van der Waals surface area contributed by atoms with Crippen molar-refractivity contribution in [3.05, 3.63) is 47.6 Å². The number of halogens is 6. The van der Waals surface area contributed by atoms with Crippen LogP contribution in [0.3, 0.4) is 0 Å². The summed E-state index contributed by atoms with van der Waals surface area (Å²) < 4.78 is 78.9. The molecule has 0 fully saturated rings. The van der Waals surface area contributed by atoms with Crippen molar-refractivity contribution in [1.82, 2.24) is 0 Å². The predicted molar refractivity (Wildman–Crippen MR) is 72.2 cm³/mol. The first kappa shape index (κ1) is 19.5. The van der Waals surface area contributed by atoms with Crippen molar-refractivity contribution in [1.29, 1.82) is 0 Å². The standard InChI is InChI=1S/C15H10F6O3/c1-24-10-7-5-9(6-8-10)3-2-4-11(12(22)14(16,17)18)13(23)15(19,20)21/h2-8H,1H3/b3-2+. The molecule has 0 radical (unpaired) electrons. The van der Waals surface area contributed by atoms with Crippen LogP contribution >= 0.6 is 0 Å². The fraction of sp³-hybridized carbons (Fsp3) is 0.200. The zero-order valence-electron chi connectivity index (χ0n) is 12.0. The first-order valence-electron chi connectivity index (χ1n) is 6.22. The van der Waals surface area contributed by atoms with E-state index in [0.29, 0.717) is 11.3 Å². The fourth-order valence-corrected chi connectivity index (χ4v) is 1.53. The van der Waals surface area contributed by atoms with Crippen LogP contribution in [-0.4, -0.2) is 31.0 Å². The van der Waals surface area contributed by atoms with Crippen molar-refractivity contribution in [2.45, 2.75) is 12.4 Å². The van der Waals surface area contributed by atoms with Crippen molar-refractivity contribution in [3.63, 3.8) is 0 Å². The van der Waals surface area contributed by atoms with Gasteiger partial charge in [0.2, 0.25) is 0 Å². The molecular weight excluding hydrogens is 342 g/mol. The summed E-state index contributed by atoms with van der Waals surface area (Å²) in [6.45, 7) is 0. The number of Topliss-reactive ketones (excluding diaryl/α,β-unsaturated/α-hetero) is 2. The number of benzene rings is 1. The van der Waals surface area contributed by atoms with E-state index in [9.17, 15) is 35.9 Å². The van der Waals surface area contributed by atoms with Crippen LogP contribution in [0.4, 0.5) is 26.3 Å². The molecule has 0 unspecified atom stereocenters. The summed E-state index contributed by atoms with van der Waals surface area (Å²) in [7, 11) is 1.41. The maximum Gasteiger partial charge on any atom is 0.455 e. The summed E-state index contributed by atoms with van der Waals surface area (Å²) in [5.74, 6) is -5.23.